The Labute approximate surface area is 169 Å². The molecule has 9 heteroatoms. The summed E-state index contributed by atoms with van der Waals surface area (Å²) in [7, 11) is -2.23. The number of Topliss-reactive ketones (excluding diaryl/α,β-unsaturated/α-hetero) is 1. The molecule has 0 N–H and O–H groups in total. The fourth-order valence-electron chi connectivity index (χ4n) is 2.83. The second kappa shape index (κ2) is 8.73. The van der Waals surface area contributed by atoms with Crippen LogP contribution in [0.5, 0.6) is 11.5 Å². The van der Waals surface area contributed by atoms with Crippen molar-refractivity contribution in [3.05, 3.63) is 53.6 Å². The maximum Gasteiger partial charge on any atom is 0.343 e. The Morgan fingerprint density at radius 3 is 2.17 bits per heavy atom. The van der Waals surface area contributed by atoms with Crippen LogP contribution < -0.4 is 9.47 Å². The molecule has 154 valence electrons. The Morgan fingerprint density at radius 2 is 1.59 bits per heavy atom. The minimum Gasteiger partial charge on any atom is -0.493 e. The van der Waals surface area contributed by atoms with E-state index in [0.717, 1.165) is 0 Å². The molecular weight excluding hydrogens is 398 g/mol. The highest BCUT2D eigenvalue weighted by Gasteiger charge is 2.26. The second-order valence-electron chi connectivity index (χ2n) is 6.35. The van der Waals surface area contributed by atoms with E-state index in [1.54, 1.807) is 0 Å². The van der Waals surface area contributed by atoms with Gasteiger partial charge in [0.05, 0.1) is 30.8 Å². The maximum atomic E-state index is 12.6. The summed E-state index contributed by atoms with van der Waals surface area (Å²) in [4.78, 5) is 24.0. The van der Waals surface area contributed by atoms with Crippen molar-refractivity contribution in [3.8, 4) is 11.5 Å². The van der Waals surface area contributed by atoms with Gasteiger partial charge in [-0.2, -0.15) is 4.31 Å². The van der Waals surface area contributed by atoms with E-state index in [1.165, 1.54) is 60.8 Å². The van der Waals surface area contributed by atoms with Crippen molar-refractivity contribution in [2.24, 2.45) is 0 Å². The standard InChI is InChI=1S/C20H21NO7S/c1-14(22)16-5-8-18(19(13-16)26-2)28-20(23)15-3-6-17(7-4-15)29(24,25)21-9-11-27-12-10-21/h3-8,13H,9-12H2,1-2H3. The van der Waals surface area contributed by atoms with Crippen LogP contribution in [0.4, 0.5) is 0 Å². The fourth-order valence-corrected chi connectivity index (χ4v) is 4.24. The van der Waals surface area contributed by atoms with E-state index in [1.807, 2.05) is 0 Å². The molecular formula is C20H21NO7S. The fraction of sp³-hybridized carbons (Fsp3) is 0.300. The lowest BCUT2D eigenvalue weighted by Crippen LogP contribution is -2.40. The molecule has 3 rings (SSSR count). The molecule has 29 heavy (non-hydrogen) atoms. The third-order valence-corrected chi connectivity index (χ3v) is 6.38. The first-order valence-corrected chi connectivity index (χ1v) is 10.4. The zero-order valence-electron chi connectivity index (χ0n) is 16.1. The van der Waals surface area contributed by atoms with Gasteiger partial charge in [-0.1, -0.05) is 0 Å². The van der Waals surface area contributed by atoms with Crippen LogP contribution in [0, 0.1) is 0 Å². The van der Waals surface area contributed by atoms with Gasteiger partial charge in [0.25, 0.3) is 0 Å². The van der Waals surface area contributed by atoms with E-state index in [9.17, 15) is 18.0 Å². The van der Waals surface area contributed by atoms with Crippen molar-refractivity contribution in [1.82, 2.24) is 4.31 Å². The predicted molar refractivity (Wildman–Crippen MR) is 104 cm³/mol. The molecule has 0 atom stereocenters. The van der Waals surface area contributed by atoms with Crippen LogP contribution in [0.1, 0.15) is 27.6 Å². The third kappa shape index (κ3) is 4.64. The minimum absolute atomic E-state index is 0.0966. The molecule has 0 aliphatic carbocycles. The van der Waals surface area contributed by atoms with Gasteiger partial charge in [0.2, 0.25) is 10.0 Å². The molecule has 2 aromatic carbocycles. The average Bonchev–Trinajstić information content (AvgIpc) is 2.74. The van der Waals surface area contributed by atoms with E-state index >= 15 is 0 Å². The van der Waals surface area contributed by atoms with Gasteiger partial charge in [-0.25, -0.2) is 13.2 Å². The lowest BCUT2D eigenvalue weighted by Gasteiger charge is -2.26. The van der Waals surface area contributed by atoms with Gasteiger partial charge < -0.3 is 14.2 Å². The van der Waals surface area contributed by atoms with Gasteiger partial charge in [-0.15, -0.1) is 0 Å². The summed E-state index contributed by atoms with van der Waals surface area (Å²) in [5.74, 6) is -0.405. The van der Waals surface area contributed by atoms with Gasteiger partial charge in [0.15, 0.2) is 17.3 Å². The number of morpholine rings is 1. The topological polar surface area (TPSA) is 99.2 Å². The molecule has 1 aliphatic heterocycles. The average molecular weight is 419 g/mol. The van der Waals surface area contributed by atoms with E-state index in [-0.39, 0.29) is 27.7 Å². The Hall–Kier alpha value is -2.75. The summed E-state index contributed by atoms with van der Waals surface area (Å²) in [5.41, 5.74) is 0.614. The Balaban J connectivity index is 1.76. The minimum atomic E-state index is -3.64. The number of hydrogen-bond donors (Lipinski definition) is 0. The first-order valence-electron chi connectivity index (χ1n) is 8.92. The highest BCUT2D eigenvalue weighted by atomic mass is 32.2. The summed E-state index contributed by atoms with van der Waals surface area (Å²) in [5, 5.41) is 0. The van der Waals surface area contributed by atoms with Gasteiger partial charge >= 0.3 is 5.97 Å². The number of sulfonamides is 1. The third-order valence-electron chi connectivity index (χ3n) is 4.47. The summed E-state index contributed by atoms with van der Waals surface area (Å²) >= 11 is 0. The molecule has 8 nitrogen and oxygen atoms in total. The molecule has 1 aliphatic rings. The predicted octanol–water partition coefficient (Wildman–Crippen LogP) is 2.14. The van der Waals surface area contributed by atoms with Crippen LogP contribution in [-0.4, -0.2) is 57.9 Å². The van der Waals surface area contributed by atoms with Gasteiger partial charge in [0.1, 0.15) is 0 Å². The van der Waals surface area contributed by atoms with Crippen LogP contribution in [0.2, 0.25) is 0 Å². The molecule has 0 amide bonds. The van der Waals surface area contributed by atoms with E-state index < -0.39 is 16.0 Å². The van der Waals surface area contributed by atoms with Crippen molar-refractivity contribution in [3.63, 3.8) is 0 Å². The summed E-state index contributed by atoms with van der Waals surface area (Å²) in [6.45, 7) is 2.72. The largest absolute Gasteiger partial charge is 0.493 e. The summed E-state index contributed by atoms with van der Waals surface area (Å²) < 4.78 is 42.3. The van der Waals surface area contributed by atoms with Crippen LogP contribution in [-0.2, 0) is 14.8 Å². The number of rotatable bonds is 6. The Kier molecular flexibility index (Phi) is 6.31. The maximum absolute atomic E-state index is 12.6. The number of carbonyl (C=O) groups is 2. The van der Waals surface area contributed by atoms with Crippen molar-refractivity contribution < 1.29 is 32.2 Å². The summed E-state index contributed by atoms with van der Waals surface area (Å²) in [6, 6.07) is 10.0. The molecule has 1 saturated heterocycles. The van der Waals surface area contributed by atoms with E-state index in [0.29, 0.717) is 31.9 Å². The first kappa shape index (κ1) is 21.0. The van der Waals surface area contributed by atoms with E-state index in [2.05, 4.69) is 0 Å². The second-order valence-corrected chi connectivity index (χ2v) is 8.29. The van der Waals surface area contributed by atoms with Crippen LogP contribution >= 0.6 is 0 Å². The molecule has 0 aromatic heterocycles. The van der Waals surface area contributed by atoms with Gasteiger partial charge in [0, 0.05) is 18.7 Å². The zero-order valence-corrected chi connectivity index (χ0v) is 16.9. The van der Waals surface area contributed by atoms with Crippen molar-refractivity contribution in [1.29, 1.82) is 0 Å². The Morgan fingerprint density at radius 1 is 0.966 bits per heavy atom. The molecule has 0 spiro atoms. The number of hydrogen-bond acceptors (Lipinski definition) is 7. The van der Waals surface area contributed by atoms with Crippen molar-refractivity contribution >= 4 is 21.8 Å². The van der Waals surface area contributed by atoms with Crippen molar-refractivity contribution in [2.45, 2.75) is 11.8 Å². The van der Waals surface area contributed by atoms with Gasteiger partial charge in [-0.3, -0.25) is 4.79 Å². The smallest absolute Gasteiger partial charge is 0.343 e. The van der Waals surface area contributed by atoms with Crippen LogP contribution in [0.3, 0.4) is 0 Å². The molecule has 0 saturated carbocycles. The highest BCUT2D eigenvalue weighted by molar-refractivity contribution is 7.89. The quantitative estimate of drug-likeness (QED) is 0.402. The monoisotopic (exact) mass is 419 g/mol. The molecule has 1 heterocycles. The number of carbonyl (C=O) groups excluding carboxylic acids is 2. The molecule has 2 aromatic rings. The zero-order chi connectivity index (χ0) is 21.0. The van der Waals surface area contributed by atoms with Crippen molar-refractivity contribution in [2.75, 3.05) is 33.4 Å². The number of benzene rings is 2. The number of methoxy groups -OCH3 is 1. The molecule has 0 radical (unpaired) electrons. The number of esters is 1. The van der Waals surface area contributed by atoms with Crippen LogP contribution in [0.25, 0.3) is 0 Å². The number of ketones is 1. The molecule has 1 fully saturated rings. The number of nitrogens with zero attached hydrogens (tertiary/aromatic N) is 1. The molecule has 0 unspecified atom stereocenters. The highest BCUT2D eigenvalue weighted by Crippen LogP contribution is 2.29. The SMILES string of the molecule is COc1cc(C(C)=O)ccc1OC(=O)c1ccc(S(=O)(=O)N2CCOCC2)cc1. The molecule has 0 bridgehead atoms. The summed E-state index contributed by atoms with van der Waals surface area (Å²) in [6.07, 6.45) is 0. The number of ether oxygens (including phenoxy) is 3. The van der Waals surface area contributed by atoms with E-state index in [4.69, 9.17) is 14.2 Å². The Bertz CT molecular complexity index is 1010. The lowest BCUT2D eigenvalue weighted by molar-refractivity contribution is 0.0729. The first-order chi connectivity index (χ1) is 13.8. The normalized spacial score (nSPS) is 15.0. The van der Waals surface area contributed by atoms with Crippen LogP contribution in [0.15, 0.2) is 47.4 Å². The lowest BCUT2D eigenvalue weighted by atomic mass is 10.1. The van der Waals surface area contributed by atoms with Gasteiger partial charge in [-0.05, 0) is 49.4 Å².